The van der Waals surface area contributed by atoms with Crippen LogP contribution >= 0.6 is 0 Å². The Morgan fingerprint density at radius 2 is 0.276 bits per heavy atom. The van der Waals surface area contributed by atoms with Gasteiger partial charge in [0.15, 0.2) is 0 Å². The minimum atomic E-state index is 1.15. The van der Waals surface area contributed by atoms with Crippen molar-refractivity contribution in [3.05, 3.63) is 528 Å². The lowest BCUT2D eigenvalue weighted by molar-refractivity contribution is 1.15. The SMILES string of the molecule is c1ccc(-n2c3ccccc3c3cc(-c4ccc(-n5c6ccccc6c6cc7c8ccccc8n(-c8ccccc8)c7cc65)cc4)ccc32)cc1.c1ccc(-n2c3ccccc3c3ccc(-n4c5ccccc5c5cc(-n6c7ccccc7c7ccccc76)ccc54)cc32)cc1.c1ccc2cc(-n3c4ccccc4c4cc(-n5c6ccccc6c6cc(-n7c8ccccc8c8ccccc87)ccc65)ccc43)ccc2c1. The van der Waals surface area contributed by atoms with Crippen molar-refractivity contribution in [3.8, 4) is 62.3 Å². The van der Waals surface area contributed by atoms with Gasteiger partial charge in [0.05, 0.1) is 99.3 Å². The van der Waals surface area contributed by atoms with E-state index >= 15 is 0 Å². The quantitative estimate of drug-likeness (QED) is 0.131. The number of rotatable bonds is 10. The monoisotopic (exact) mass is 1850 g/mol. The van der Waals surface area contributed by atoms with Gasteiger partial charge in [-0.2, -0.15) is 0 Å². The summed E-state index contributed by atoms with van der Waals surface area (Å²) in [7, 11) is 0. The Hall–Kier alpha value is -19.5. The molecule has 0 atom stereocenters. The van der Waals surface area contributed by atoms with Crippen molar-refractivity contribution in [1.82, 2.24) is 41.1 Å². The third kappa shape index (κ3) is 12.6. The second-order valence-electron chi connectivity index (χ2n) is 38.2. The van der Waals surface area contributed by atoms with E-state index in [0.29, 0.717) is 0 Å². The minimum Gasteiger partial charge on any atom is -0.309 e. The summed E-state index contributed by atoms with van der Waals surface area (Å²) in [6.07, 6.45) is 0. The van der Waals surface area contributed by atoms with Gasteiger partial charge in [0, 0.05) is 148 Å². The third-order valence-electron chi connectivity index (χ3n) is 30.5. The molecule has 9 aromatic heterocycles. The molecular weight excluding hydrogens is 1760 g/mol. The summed E-state index contributed by atoms with van der Waals surface area (Å²) in [5.74, 6) is 0. The molecule has 0 N–H and O–H groups in total. The van der Waals surface area contributed by atoms with Crippen LogP contribution in [0.25, 0.3) is 269 Å². The van der Waals surface area contributed by atoms with Crippen LogP contribution in [0, 0.1) is 0 Å². The largest absolute Gasteiger partial charge is 0.309 e. The molecule has 0 spiro atoms. The lowest BCUT2D eigenvalue weighted by Gasteiger charge is -2.12. The first-order chi connectivity index (χ1) is 72.0. The summed E-state index contributed by atoms with van der Waals surface area (Å²) in [5.41, 5.74) is 34.7. The van der Waals surface area contributed by atoms with Crippen LogP contribution in [0.4, 0.5) is 0 Å². The van der Waals surface area contributed by atoms with Gasteiger partial charge >= 0.3 is 0 Å². The van der Waals surface area contributed by atoms with Crippen LogP contribution < -0.4 is 0 Å². The molecule has 0 aliphatic rings. The molecule has 9 nitrogen and oxygen atoms in total. The zero-order chi connectivity index (χ0) is 95.0. The van der Waals surface area contributed by atoms with E-state index in [-0.39, 0.29) is 0 Å². The molecular formula is C136H87N9. The van der Waals surface area contributed by atoms with Crippen LogP contribution in [0.1, 0.15) is 0 Å². The number of hydrogen-bond acceptors (Lipinski definition) is 0. The highest BCUT2D eigenvalue weighted by atomic mass is 15.1. The first-order valence-corrected chi connectivity index (χ1v) is 49.9. The van der Waals surface area contributed by atoms with E-state index in [4.69, 9.17) is 0 Å². The van der Waals surface area contributed by atoms with Crippen molar-refractivity contribution in [2.45, 2.75) is 0 Å². The molecule has 145 heavy (non-hydrogen) atoms. The van der Waals surface area contributed by atoms with Gasteiger partial charge in [-0.25, -0.2) is 0 Å². The number of nitrogens with zero attached hydrogens (tertiary/aromatic N) is 9. The fourth-order valence-corrected chi connectivity index (χ4v) is 24.2. The van der Waals surface area contributed by atoms with Gasteiger partial charge in [-0.05, 0) is 240 Å². The number of benzene rings is 23. The lowest BCUT2D eigenvalue weighted by Crippen LogP contribution is -1.97. The Kier molecular flexibility index (Phi) is 18.3. The first kappa shape index (κ1) is 81.5. The van der Waals surface area contributed by atoms with Crippen molar-refractivity contribution in [2.75, 3.05) is 0 Å². The Bertz CT molecular complexity index is 10800. The Morgan fingerprint density at radius 3 is 0.607 bits per heavy atom. The Balaban J connectivity index is 0.000000101. The van der Waals surface area contributed by atoms with E-state index in [9.17, 15) is 0 Å². The zero-order valence-electron chi connectivity index (χ0n) is 78.8. The molecule has 0 saturated heterocycles. The van der Waals surface area contributed by atoms with Gasteiger partial charge < -0.3 is 41.1 Å². The van der Waals surface area contributed by atoms with Crippen molar-refractivity contribution in [3.63, 3.8) is 0 Å². The molecule has 676 valence electrons. The number of aromatic nitrogens is 9. The maximum atomic E-state index is 2.43. The fraction of sp³-hybridized carbons (Fsp3) is 0. The van der Waals surface area contributed by atoms with Gasteiger partial charge in [0.25, 0.3) is 0 Å². The summed E-state index contributed by atoms with van der Waals surface area (Å²) in [5, 5.41) is 25.2. The summed E-state index contributed by atoms with van der Waals surface area (Å²) < 4.78 is 21.7. The van der Waals surface area contributed by atoms with E-state index in [0.717, 1.165) is 17.1 Å². The van der Waals surface area contributed by atoms with E-state index in [1.807, 2.05) is 0 Å². The van der Waals surface area contributed by atoms with Crippen LogP contribution in [0.2, 0.25) is 0 Å². The smallest absolute Gasteiger partial charge is 0.0562 e. The predicted octanol–water partition coefficient (Wildman–Crippen LogP) is 35.8. The molecule has 9 heterocycles. The minimum absolute atomic E-state index is 1.15. The highest BCUT2D eigenvalue weighted by molar-refractivity contribution is 6.22. The van der Waals surface area contributed by atoms with Gasteiger partial charge in [-0.15, -0.1) is 0 Å². The van der Waals surface area contributed by atoms with Crippen LogP contribution in [-0.4, -0.2) is 41.1 Å². The second kappa shape index (κ2) is 32.6. The molecule has 0 aliphatic carbocycles. The number of hydrogen-bond donors (Lipinski definition) is 0. The lowest BCUT2D eigenvalue weighted by atomic mass is 10.0. The molecule has 23 aromatic carbocycles. The standard InChI is InChI=1S/C48H31N3.C46H29N3.C42H27N3/c1-3-13-34(14-4-1)49-43-20-10-7-17-37(43)40-29-33(25-28-46(40)49)32-23-26-36(27-24-32)51-45-22-12-9-19-39(45)42-30-41-38-18-8-11-21-44(38)50(47(41)31-48(42)51)35-15-5-2-6-16-35;1-2-12-31-27-32(22-21-30(31)11-1)47-43-19-9-5-15-37(43)39-29-34(24-25-45(39)47)49-44-20-10-6-16-38(44)40-28-33(23-26-46(40)49)48-41-17-7-3-13-35(41)36-14-4-8-18-42(36)48;1-2-12-28(13-3-1)43-37-18-8-6-16-33(37)35-24-22-30(27-42(35)43)45-40-21-11-7-17-34(40)36-26-29(23-25-41(36)45)44-38-19-9-4-14-31(38)32-15-5-10-20-39(32)44/h1-31H;1-29H;1-27H. The maximum absolute atomic E-state index is 2.43. The van der Waals surface area contributed by atoms with Gasteiger partial charge in [-0.1, -0.05) is 309 Å². The summed E-state index contributed by atoms with van der Waals surface area (Å²) >= 11 is 0. The predicted molar refractivity (Wildman–Crippen MR) is 611 cm³/mol. The summed E-state index contributed by atoms with van der Waals surface area (Å²) in [6.45, 7) is 0. The van der Waals surface area contributed by atoms with Gasteiger partial charge in [0.2, 0.25) is 0 Å². The van der Waals surface area contributed by atoms with Crippen LogP contribution in [0.15, 0.2) is 528 Å². The fourth-order valence-electron chi connectivity index (χ4n) is 24.2. The van der Waals surface area contributed by atoms with Crippen molar-refractivity contribution >= 4 is 207 Å². The van der Waals surface area contributed by atoms with Crippen LogP contribution in [0.3, 0.4) is 0 Å². The average Bonchev–Trinajstić information content (AvgIpc) is 1.59. The van der Waals surface area contributed by atoms with Crippen LogP contribution in [-0.2, 0) is 0 Å². The first-order valence-electron chi connectivity index (χ1n) is 49.9. The molecule has 0 bridgehead atoms. The number of para-hydroxylation sites is 14. The molecule has 32 aromatic rings. The van der Waals surface area contributed by atoms with E-state index in [2.05, 4.69) is 569 Å². The van der Waals surface area contributed by atoms with Crippen molar-refractivity contribution in [2.24, 2.45) is 0 Å². The molecule has 9 heteroatoms. The molecule has 0 radical (unpaired) electrons. The molecule has 0 fully saturated rings. The Labute approximate surface area is 832 Å². The summed E-state index contributed by atoms with van der Waals surface area (Å²) in [6, 6.07) is 192. The van der Waals surface area contributed by atoms with Gasteiger partial charge in [0.1, 0.15) is 0 Å². The Morgan fingerprint density at radius 1 is 0.0828 bits per heavy atom. The maximum Gasteiger partial charge on any atom is 0.0562 e. The topological polar surface area (TPSA) is 44.4 Å². The van der Waals surface area contributed by atoms with E-state index < -0.39 is 0 Å². The van der Waals surface area contributed by atoms with Crippen molar-refractivity contribution in [1.29, 1.82) is 0 Å². The zero-order valence-corrected chi connectivity index (χ0v) is 78.8. The highest BCUT2D eigenvalue weighted by Gasteiger charge is 2.26. The molecule has 32 rings (SSSR count). The normalized spacial score (nSPS) is 12.0. The summed E-state index contributed by atoms with van der Waals surface area (Å²) in [4.78, 5) is 0. The van der Waals surface area contributed by atoms with E-state index in [1.54, 1.807) is 0 Å². The number of fused-ring (bicyclic) bond motifs is 28. The average molecular weight is 1850 g/mol. The molecule has 0 saturated carbocycles. The van der Waals surface area contributed by atoms with Crippen molar-refractivity contribution < 1.29 is 0 Å². The second-order valence-corrected chi connectivity index (χ2v) is 38.2. The molecule has 0 unspecified atom stereocenters. The molecule has 0 aliphatic heterocycles. The molecule has 0 amide bonds. The third-order valence-corrected chi connectivity index (χ3v) is 30.5. The highest BCUT2D eigenvalue weighted by Crippen LogP contribution is 2.47. The van der Waals surface area contributed by atoms with Gasteiger partial charge in [-0.3, -0.25) is 0 Å². The van der Waals surface area contributed by atoms with Crippen LogP contribution in [0.5, 0.6) is 0 Å². The van der Waals surface area contributed by atoms with E-state index in [1.165, 1.54) is 252 Å².